The highest BCUT2D eigenvalue weighted by atomic mass is 32.1. The fourth-order valence-corrected chi connectivity index (χ4v) is 4.11. The standard InChI is InChI=1S/C20H24N2O4S/c1-2-26-17-5-3-15(4-6-17)20-21-16(13-27-20)12-18(23)22-9-7-14(8-10-22)11-19(24)25/h3-6,13-14H,2,7-12H2,1H3,(H,24,25). The number of aliphatic carboxylic acids is 1. The fourth-order valence-electron chi connectivity index (χ4n) is 3.28. The molecule has 6 nitrogen and oxygen atoms in total. The first-order valence-electron chi connectivity index (χ1n) is 9.22. The number of hydrogen-bond acceptors (Lipinski definition) is 5. The van der Waals surface area contributed by atoms with Crippen LogP contribution in [0.25, 0.3) is 10.6 Å². The van der Waals surface area contributed by atoms with Crippen LogP contribution in [0.4, 0.5) is 0 Å². The summed E-state index contributed by atoms with van der Waals surface area (Å²) in [6.45, 7) is 3.85. The lowest BCUT2D eigenvalue weighted by Gasteiger charge is -2.31. The number of thiazole rings is 1. The maximum Gasteiger partial charge on any atom is 0.303 e. The summed E-state index contributed by atoms with van der Waals surface area (Å²) in [6.07, 6.45) is 2.00. The van der Waals surface area contributed by atoms with E-state index >= 15 is 0 Å². The first kappa shape index (κ1) is 19.4. The molecule has 2 heterocycles. The minimum Gasteiger partial charge on any atom is -0.494 e. The lowest BCUT2D eigenvalue weighted by Crippen LogP contribution is -2.39. The summed E-state index contributed by atoms with van der Waals surface area (Å²) in [6, 6.07) is 7.80. The highest BCUT2D eigenvalue weighted by Crippen LogP contribution is 2.26. The molecule has 0 unspecified atom stereocenters. The number of aromatic nitrogens is 1. The molecule has 0 atom stereocenters. The van der Waals surface area contributed by atoms with Crippen molar-refractivity contribution < 1.29 is 19.4 Å². The number of carbonyl (C=O) groups is 2. The highest BCUT2D eigenvalue weighted by molar-refractivity contribution is 7.13. The minimum atomic E-state index is -0.760. The van der Waals surface area contributed by atoms with E-state index in [0.29, 0.717) is 19.7 Å². The molecule has 1 aliphatic heterocycles. The predicted octanol–water partition coefficient (Wildman–Crippen LogP) is 3.46. The lowest BCUT2D eigenvalue weighted by atomic mass is 9.93. The van der Waals surface area contributed by atoms with E-state index in [1.165, 1.54) is 11.3 Å². The van der Waals surface area contributed by atoms with Crippen molar-refractivity contribution in [3.05, 3.63) is 35.3 Å². The summed E-state index contributed by atoms with van der Waals surface area (Å²) in [4.78, 5) is 29.7. The fraction of sp³-hybridized carbons (Fsp3) is 0.450. The lowest BCUT2D eigenvalue weighted by molar-refractivity contribution is -0.138. The van der Waals surface area contributed by atoms with Crippen molar-refractivity contribution in [1.82, 2.24) is 9.88 Å². The SMILES string of the molecule is CCOc1ccc(-c2nc(CC(=O)N3CCC(CC(=O)O)CC3)cs2)cc1. The van der Waals surface area contributed by atoms with E-state index in [1.807, 2.05) is 41.5 Å². The molecule has 7 heteroatoms. The molecule has 1 N–H and O–H groups in total. The Hall–Kier alpha value is -2.41. The predicted molar refractivity (Wildman–Crippen MR) is 104 cm³/mol. The Morgan fingerprint density at radius 3 is 2.59 bits per heavy atom. The number of hydrogen-bond donors (Lipinski definition) is 1. The Morgan fingerprint density at radius 1 is 1.26 bits per heavy atom. The van der Waals surface area contributed by atoms with Gasteiger partial charge in [-0.25, -0.2) is 4.98 Å². The third kappa shape index (κ3) is 5.29. The second-order valence-corrected chi connectivity index (χ2v) is 7.56. The van der Waals surface area contributed by atoms with Gasteiger partial charge in [0.15, 0.2) is 0 Å². The number of carboxylic acid groups (broad SMARTS) is 1. The van der Waals surface area contributed by atoms with Crippen LogP contribution < -0.4 is 4.74 Å². The smallest absolute Gasteiger partial charge is 0.303 e. The largest absolute Gasteiger partial charge is 0.494 e. The molecule has 2 aromatic rings. The van der Waals surface area contributed by atoms with Gasteiger partial charge < -0.3 is 14.7 Å². The van der Waals surface area contributed by atoms with Gasteiger partial charge in [-0.05, 0) is 49.9 Å². The Balaban J connectivity index is 1.54. The van der Waals surface area contributed by atoms with Crippen molar-refractivity contribution in [3.8, 4) is 16.3 Å². The molecule has 0 saturated carbocycles. The molecule has 0 radical (unpaired) electrons. The van der Waals surface area contributed by atoms with Crippen molar-refractivity contribution in [1.29, 1.82) is 0 Å². The zero-order valence-corrected chi connectivity index (χ0v) is 16.2. The second kappa shape index (κ2) is 8.99. The summed E-state index contributed by atoms with van der Waals surface area (Å²) in [5, 5.41) is 11.7. The molecule has 27 heavy (non-hydrogen) atoms. The van der Waals surface area contributed by atoms with E-state index < -0.39 is 5.97 Å². The van der Waals surface area contributed by atoms with Gasteiger partial charge in [0, 0.05) is 30.5 Å². The number of carbonyl (C=O) groups excluding carboxylic acids is 1. The molecule has 1 aliphatic rings. The van der Waals surface area contributed by atoms with Gasteiger partial charge in [-0.2, -0.15) is 0 Å². The molecule has 0 spiro atoms. The van der Waals surface area contributed by atoms with Gasteiger partial charge >= 0.3 is 5.97 Å². The first-order valence-corrected chi connectivity index (χ1v) is 10.1. The van der Waals surface area contributed by atoms with Crippen LogP contribution in [0.3, 0.4) is 0 Å². The maximum atomic E-state index is 12.5. The van der Waals surface area contributed by atoms with Crippen LogP contribution in [0.5, 0.6) is 5.75 Å². The van der Waals surface area contributed by atoms with E-state index in [4.69, 9.17) is 9.84 Å². The quantitative estimate of drug-likeness (QED) is 0.786. The van der Waals surface area contributed by atoms with Crippen LogP contribution in [0.2, 0.25) is 0 Å². The Morgan fingerprint density at radius 2 is 1.96 bits per heavy atom. The topological polar surface area (TPSA) is 79.7 Å². The average Bonchev–Trinajstić information content (AvgIpc) is 3.11. The van der Waals surface area contributed by atoms with Gasteiger partial charge in [-0.3, -0.25) is 9.59 Å². The minimum absolute atomic E-state index is 0.0623. The van der Waals surface area contributed by atoms with E-state index in [0.717, 1.165) is 34.9 Å². The summed E-state index contributed by atoms with van der Waals surface area (Å²) in [5.41, 5.74) is 1.79. The van der Waals surface area contributed by atoms with Crippen LogP contribution in [0.1, 0.15) is 31.9 Å². The van der Waals surface area contributed by atoms with Crippen molar-refractivity contribution in [3.63, 3.8) is 0 Å². The zero-order valence-electron chi connectivity index (χ0n) is 15.4. The molecule has 0 bridgehead atoms. The van der Waals surface area contributed by atoms with Crippen molar-refractivity contribution in [2.45, 2.75) is 32.6 Å². The van der Waals surface area contributed by atoms with Gasteiger partial charge in [-0.1, -0.05) is 0 Å². The van der Waals surface area contributed by atoms with Crippen LogP contribution in [0.15, 0.2) is 29.6 Å². The number of ether oxygens (including phenoxy) is 1. The number of benzene rings is 1. The van der Waals surface area contributed by atoms with Gasteiger partial charge in [0.1, 0.15) is 10.8 Å². The summed E-state index contributed by atoms with van der Waals surface area (Å²) in [7, 11) is 0. The van der Waals surface area contributed by atoms with E-state index in [-0.39, 0.29) is 24.7 Å². The molecular formula is C20H24N2O4S. The van der Waals surface area contributed by atoms with Crippen LogP contribution >= 0.6 is 11.3 Å². The third-order valence-corrected chi connectivity index (χ3v) is 5.67. The third-order valence-electron chi connectivity index (χ3n) is 4.73. The molecular weight excluding hydrogens is 364 g/mol. The monoisotopic (exact) mass is 388 g/mol. The van der Waals surface area contributed by atoms with Gasteiger partial charge in [-0.15, -0.1) is 11.3 Å². The van der Waals surface area contributed by atoms with E-state index in [2.05, 4.69) is 4.98 Å². The Bertz CT molecular complexity index is 780. The molecule has 3 rings (SSSR count). The number of amides is 1. The molecule has 1 amide bonds. The Kier molecular flexibility index (Phi) is 6.45. The Labute approximate surface area is 162 Å². The van der Waals surface area contributed by atoms with Crippen LogP contribution in [-0.4, -0.2) is 46.6 Å². The zero-order chi connectivity index (χ0) is 19.2. The summed E-state index contributed by atoms with van der Waals surface area (Å²) in [5.74, 6) is 0.313. The van der Waals surface area contributed by atoms with Gasteiger partial charge in [0.05, 0.1) is 18.7 Å². The molecule has 144 valence electrons. The number of piperidine rings is 1. The normalized spacial score (nSPS) is 14.9. The maximum absolute atomic E-state index is 12.5. The molecule has 1 saturated heterocycles. The second-order valence-electron chi connectivity index (χ2n) is 6.70. The van der Waals surface area contributed by atoms with Crippen LogP contribution in [-0.2, 0) is 16.0 Å². The molecule has 1 aromatic heterocycles. The van der Waals surface area contributed by atoms with Gasteiger partial charge in [0.2, 0.25) is 5.91 Å². The number of nitrogens with zero attached hydrogens (tertiary/aromatic N) is 2. The van der Waals surface area contributed by atoms with Crippen molar-refractivity contribution >= 4 is 23.2 Å². The molecule has 0 aliphatic carbocycles. The van der Waals surface area contributed by atoms with Crippen LogP contribution in [0, 0.1) is 5.92 Å². The number of likely N-dealkylation sites (tertiary alicyclic amines) is 1. The molecule has 1 aromatic carbocycles. The first-order chi connectivity index (χ1) is 13.0. The van der Waals surface area contributed by atoms with E-state index in [9.17, 15) is 9.59 Å². The summed E-state index contributed by atoms with van der Waals surface area (Å²) < 4.78 is 5.45. The van der Waals surface area contributed by atoms with E-state index in [1.54, 1.807) is 0 Å². The van der Waals surface area contributed by atoms with Crippen molar-refractivity contribution in [2.24, 2.45) is 5.92 Å². The average molecular weight is 388 g/mol. The molecule has 1 fully saturated rings. The highest BCUT2D eigenvalue weighted by Gasteiger charge is 2.24. The summed E-state index contributed by atoms with van der Waals surface area (Å²) >= 11 is 1.53. The van der Waals surface area contributed by atoms with Crippen molar-refractivity contribution in [2.75, 3.05) is 19.7 Å². The number of carboxylic acids is 1. The van der Waals surface area contributed by atoms with Gasteiger partial charge in [0.25, 0.3) is 0 Å². The number of rotatable bonds is 7.